The van der Waals surface area contributed by atoms with Crippen molar-refractivity contribution in [1.82, 2.24) is 0 Å². The van der Waals surface area contributed by atoms with Crippen LogP contribution in [0.15, 0.2) is 0 Å². The summed E-state index contributed by atoms with van der Waals surface area (Å²) in [6.07, 6.45) is 9.19. The van der Waals surface area contributed by atoms with Crippen molar-refractivity contribution in [3.8, 4) is 0 Å². The molecule has 0 aliphatic rings. The molecule has 0 heterocycles. The molecule has 0 radical (unpaired) electrons. The minimum atomic E-state index is -0.918. The van der Waals surface area contributed by atoms with E-state index in [2.05, 4.69) is 20.8 Å². The van der Waals surface area contributed by atoms with Gasteiger partial charge >= 0.3 is 37.7 Å². The average molecular weight is 355 g/mol. The van der Waals surface area contributed by atoms with E-state index in [0.29, 0.717) is 6.42 Å². The predicted molar refractivity (Wildman–Crippen MR) is 91.6 cm³/mol. The van der Waals surface area contributed by atoms with Gasteiger partial charge in [0.2, 0.25) is 0 Å². The van der Waals surface area contributed by atoms with Gasteiger partial charge in [-0.25, -0.2) is 0 Å². The largest absolute Gasteiger partial charge is 2.00 e. The molecule has 0 bridgehead atoms. The maximum Gasteiger partial charge on any atom is 2.00 e. The Morgan fingerprint density at radius 3 is 1.83 bits per heavy atom. The van der Waals surface area contributed by atoms with Gasteiger partial charge in [-0.15, -0.1) is 0 Å². The van der Waals surface area contributed by atoms with E-state index in [1.165, 1.54) is 12.8 Å². The van der Waals surface area contributed by atoms with E-state index in [-0.39, 0.29) is 50.1 Å². The van der Waals surface area contributed by atoms with Gasteiger partial charge in [-0.05, 0) is 37.5 Å². The Balaban J connectivity index is -0.000000338. The Hall–Kier alpha value is 0.200. The molecular formula is C18H34CaO4. The molecule has 0 aromatic rings. The number of unbranched alkanes of at least 4 members (excludes halogenated alkanes) is 4. The van der Waals surface area contributed by atoms with Crippen molar-refractivity contribution < 1.29 is 19.8 Å². The molecule has 0 fully saturated rings. The van der Waals surface area contributed by atoms with Crippen LogP contribution >= 0.6 is 0 Å². The van der Waals surface area contributed by atoms with E-state index in [0.717, 1.165) is 44.4 Å². The molecule has 0 aromatic carbocycles. The summed E-state index contributed by atoms with van der Waals surface area (Å²) >= 11 is 0. The minimum absolute atomic E-state index is 0. The average Bonchev–Trinajstić information content (AvgIpc) is 2.43. The fourth-order valence-corrected chi connectivity index (χ4v) is 2.11. The Labute approximate surface area is 172 Å². The van der Waals surface area contributed by atoms with Gasteiger partial charge in [0.15, 0.2) is 0 Å². The van der Waals surface area contributed by atoms with Gasteiger partial charge in [0.1, 0.15) is 0 Å². The number of carbonyl (C=O) groups excluding carboxylic acids is 2. The van der Waals surface area contributed by atoms with Gasteiger partial charge in [-0.1, -0.05) is 66.2 Å². The van der Waals surface area contributed by atoms with Crippen LogP contribution in [0.3, 0.4) is 0 Å². The number of rotatable bonds is 12. The van der Waals surface area contributed by atoms with Crippen LogP contribution in [0, 0.1) is 11.8 Å². The van der Waals surface area contributed by atoms with Crippen LogP contribution in [0.25, 0.3) is 0 Å². The van der Waals surface area contributed by atoms with Gasteiger partial charge < -0.3 is 19.8 Å². The van der Waals surface area contributed by atoms with E-state index >= 15 is 0 Å². The van der Waals surface area contributed by atoms with E-state index in [9.17, 15) is 19.8 Å². The third-order valence-corrected chi connectivity index (χ3v) is 3.64. The number of carboxylic acid groups (broad SMARTS) is 2. The summed E-state index contributed by atoms with van der Waals surface area (Å²) in [5, 5.41) is 20.4. The normalized spacial score (nSPS) is 11.2. The number of carbonyl (C=O) groups is 2. The summed E-state index contributed by atoms with van der Waals surface area (Å²) in [5.74, 6) is -1.26. The smallest absolute Gasteiger partial charge is 0.550 e. The number of hydrogen-bond donors (Lipinski definition) is 0. The molecule has 0 aliphatic carbocycles. The minimum Gasteiger partial charge on any atom is -0.550 e. The molecule has 0 saturated heterocycles. The van der Waals surface area contributed by atoms with E-state index in [1.807, 2.05) is 6.92 Å². The molecule has 23 heavy (non-hydrogen) atoms. The third-order valence-electron chi connectivity index (χ3n) is 3.64. The summed E-state index contributed by atoms with van der Waals surface area (Å²) in [6.45, 7) is 8.36. The van der Waals surface area contributed by atoms with Crippen molar-refractivity contribution in [3.05, 3.63) is 0 Å². The first-order valence-corrected chi connectivity index (χ1v) is 8.75. The van der Waals surface area contributed by atoms with Crippen LogP contribution in [-0.4, -0.2) is 49.7 Å². The van der Waals surface area contributed by atoms with Crippen molar-refractivity contribution in [3.63, 3.8) is 0 Å². The second-order valence-electron chi connectivity index (χ2n) is 6.29. The molecule has 0 rings (SSSR count). The zero-order valence-electron chi connectivity index (χ0n) is 15.6. The Morgan fingerprint density at radius 2 is 1.43 bits per heavy atom. The first-order chi connectivity index (χ1) is 10.3. The molecule has 5 heteroatoms. The number of aliphatic carboxylic acids is 2. The standard InChI is InChI=1S/C10H20O2.C8H16O2.Ca/c1-9(2)7-5-3-4-6-8-10(11)12;1-3-5-6-7(4-2)8(9)10;/h9H,3-8H2,1-2H3,(H,11,12);7H,3-6H2,1-2H3,(H,9,10);/q;;+2/p-2. The van der Waals surface area contributed by atoms with Crippen molar-refractivity contribution in [2.24, 2.45) is 11.8 Å². The maximum absolute atomic E-state index is 10.3. The van der Waals surface area contributed by atoms with Gasteiger partial charge in [0, 0.05) is 11.9 Å². The summed E-state index contributed by atoms with van der Waals surface area (Å²) in [7, 11) is 0. The van der Waals surface area contributed by atoms with E-state index in [4.69, 9.17) is 0 Å². The van der Waals surface area contributed by atoms with Gasteiger partial charge in [0.25, 0.3) is 0 Å². The molecule has 1 atom stereocenters. The molecule has 0 aromatic heterocycles. The van der Waals surface area contributed by atoms with Gasteiger partial charge in [-0.2, -0.15) is 0 Å². The summed E-state index contributed by atoms with van der Waals surface area (Å²) in [4.78, 5) is 20.4. The predicted octanol–water partition coefficient (Wildman–Crippen LogP) is 2.30. The fourth-order valence-electron chi connectivity index (χ4n) is 2.11. The Kier molecular flexibility index (Phi) is 24.7. The summed E-state index contributed by atoms with van der Waals surface area (Å²) < 4.78 is 0. The molecule has 0 aliphatic heterocycles. The quantitative estimate of drug-likeness (QED) is 0.398. The Morgan fingerprint density at radius 1 is 0.870 bits per heavy atom. The maximum atomic E-state index is 10.3. The second-order valence-corrected chi connectivity index (χ2v) is 6.29. The second kappa shape index (κ2) is 20.2. The first-order valence-electron chi connectivity index (χ1n) is 8.75. The first kappa shape index (κ1) is 28.0. The van der Waals surface area contributed by atoms with Crippen molar-refractivity contribution in [1.29, 1.82) is 0 Å². The number of carboxylic acids is 2. The van der Waals surface area contributed by atoms with Crippen molar-refractivity contribution in [2.75, 3.05) is 0 Å². The molecule has 0 spiro atoms. The fraction of sp³-hybridized carbons (Fsp3) is 0.889. The molecule has 0 amide bonds. The molecule has 0 N–H and O–H groups in total. The van der Waals surface area contributed by atoms with Crippen LogP contribution in [0.4, 0.5) is 0 Å². The van der Waals surface area contributed by atoms with Crippen LogP contribution in [0.5, 0.6) is 0 Å². The SMILES string of the molecule is CC(C)CCCCCCC(=O)[O-].CCCCC(CC)C(=O)[O-].[Ca+2]. The third kappa shape index (κ3) is 24.6. The molecule has 132 valence electrons. The summed E-state index contributed by atoms with van der Waals surface area (Å²) in [6, 6.07) is 0. The molecule has 1 unspecified atom stereocenters. The summed E-state index contributed by atoms with van der Waals surface area (Å²) in [5.41, 5.74) is 0. The topological polar surface area (TPSA) is 80.3 Å². The van der Waals surface area contributed by atoms with Crippen LogP contribution in [0.2, 0.25) is 0 Å². The molecule has 0 saturated carbocycles. The van der Waals surface area contributed by atoms with E-state index in [1.54, 1.807) is 0 Å². The molecule has 4 nitrogen and oxygen atoms in total. The van der Waals surface area contributed by atoms with Crippen LogP contribution in [-0.2, 0) is 9.59 Å². The Bertz CT molecular complexity index is 280. The van der Waals surface area contributed by atoms with E-state index < -0.39 is 11.9 Å². The van der Waals surface area contributed by atoms with Crippen molar-refractivity contribution >= 4 is 49.7 Å². The van der Waals surface area contributed by atoms with Crippen LogP contribution < -0.4 is 10.2 Å². The molecular weight excluding hydrogens is 320 g/mol. The van der Waals surface area contributed by atoms with Gasteiger partial charge in [0.05, 0.1) is 0 Å². The zero-order valence-corrected chi connectivity index (χ0v) is 17.8. The number of hydrogen-bond acceptors (Lipinski definition) is 4. The monoisotopic (exact) mass is 354 g/mol. The van der Waals surface area contributed by atoms with Gasteiger partial charge in [-0.3, -0.25) is 0 Å². The van der Waals surface area contributed by atoms with Crippen molar-refractivity contribution in [2.45, 2.75) is 91.9 Å². The van der Waals surface area contributed by atoms with Crippen LogP contribution in [0.1, 0.15) is 91.9 Å². The zero-order chi connectivity index (χ0) is 17.4.